The number of halogens is 1. The second kappa shape index (κ2) is 14.3. The molecule has 0 radical (unpaired) electrons. The monoisotopic (exact) mass is 509 g/mol. The molecule has 2 fully saturated rings. The fraction of sp³-hybridized carbons (Fsp3) is 0.900. The molecule has 0 saturated carbocycles. The topological polar surface area (TPSA) is 69.2 Å². The van der Waals surface area contributed by atoms with Crippen molar-refractivity contribution < 1.29 is 9.53 Å². The van der Waals surface area contributed by atoms with E-state index in [2.05, 4.69) is 29.4 Å². The van der Waals surface area contributed by atoms with E-state index in [1.807, 2.05) is 6.92 Å². The van der Waals surface area contributed by atoms with E-state index in [9.17, 15) is 4.79 Å². The number of hydrogen-bond acceptors (Lipinski definition) is 4. The number of hydrogen-bond donors (Lipinski definition) is 2. The van der Waals surface area contributed by atoms with Gasteiger partial charge in [0, 0.05) is 32.2 Å². The number of aliphatic imine (C=N–C) groups is 1. The number of carbonyl (C=O) groups excluding carboxylic acids is 1. The smallest absolute Gasteiger partial charge is 0.409 e. The highest BCUT2D eigenvalue weighted by atomic mass is 127. The molecule has 2 rings (SSSR count). The molecular formula is C20H40IN5O2. The third kappa shape index (κ3) is 9.15. The van der Waals surface area contributed by atoms with Crippen molar-refractivity contribution in [1.29, 1.82) is 0 Å². The molecule has 0 spiro atoms. The second-order valence-electron chi connectivity index (χ2n) is 7.74. The van der Waals surface area contributed by atoms with Crippen LogP contribution in [0.2, 0.25) is 0 Å². The summed E-state index contributed by atoms with van der Waals surface area (Å²) in [7, 11) is 0. The van der Waals surface area contributed by atoms with Crippen molar-refractivity contribution in [2.75, 3.05) is 52.4 Å². The largest absolute Gasteiger partial charge is 0.450 e. The molecule has 0 aromatic heterocycles. The van der Waals surface area contributed by atoms with Crippen molar-refractivity contribution in [2.45, 2.75) is 58.9 Å². The van der Waals surface area contributed by atoms with Crippen molar-refractivity contribution in [3.63, 3.8) is 0 Å². The number of nitrogens with zero attached hydrogens (tertiary/aromatic N) is 3. The summed E-state index contributed by atoms with van der Waals surface area (Å²) in [5, 5.41) is 6.89. The van der Waals surface area contributed by atoms with Crippen molar-refractivity contribution in [3.8, 4) is 0 Å². The fourth-order valence-corrected chi connectivity index (χ4v) is 3.71. The SMILES string of the molecule is CCNC(=NCCCN1CCC(C)CC1)NC1CCN(C(=O)OCC)CC1.I. The molecule has 0 aliphatic carbocycles. The predicted molar refractivity (Wildman–Crippen MR) is 126 cm³/mol. The minimum atomic E-state index is -0.191. The number of piperidine rings is 2. The normalized spacial score (nSPS) is 19.8. The van der Waals surface area contributed by atoms with Gasteiger partial charge in [-0.25, -0.2) is 4.79 Å². The lowest BCUT2D eigenvalue weighted by molar-refractivity contribution is 0.0963. The van der Waals surface area contributed by atoms with E-state index in [1.165, 1.54) is 25.9 Å². The standard InChI is InChI=1S/C20H39N5O2.HI/c1-4-21-19(22-11-6-12-24-13-7-17(3)8-14-24)23-18-9-15-25(16-10-18)20(26)27-5-2;/h17-18H,4-16H2,1-3H3,(H2,21,22,23);1H. The van der Waals surface area contributed by atoms with Crippen LogP contribution >= 0.6 is 24.0 Å². The van der Waals surface area contributed by atoms with Gasteiger partial charge in [-0.05, 0) is 71.5 Å². The number of carbonyl (C=O) groups is 1. The van der Waals surface area contributed by atoms with E-state index in [-0.39, 0.29) is 30.1 Å². The first-order valence-electron chi connectivity index (χ1n) is 10.8. The van der Waals surface area contributed by atoms with Gasteiger partial charge >= 0.3 is 6.09 Å². The lowest BCUT2D eigenvalue weighted by atomic mass is 9.99. The summed E-state index contributed by atoms with van der Waals surface area (Å²) in [5.41, 5.74) is 0. The molecular weight excluding hydrogens is 469 g/mol. The molecule has 0 aromatic carbocycles. The van der Waals surface area contributed by atoms with Crippen LogP contribution in [0.5, 0.6) is 0 Å². The second-order valence-corrected chi connectivity index (χ2v) is 7.74. The van der Waals surface area contributed by atoms with E-state index in [0.717, 1.165) is 63.9 Å². The van der Waals surface area contributed by atoms with Gasteiger partial charge in [-0.3, -0.25) is 4.99 Å². The average Bonchev–Trinajstić information content (AvgIpc) is 2.67. The molecule has 8 heteroatoms. The molecule has 2 heterocycles. The van der Waals surface area contributed by atoms with Gasteiger partial charge < -0.3 is 25.2 Å². The van der Waals surface area contributed by atoms with Crippen LogP contribution in [-0.2, 0) is 4.74 Å². The molecule has 2 saturated heterocycles. The zero-order valence-electron chi connectivity index (χ0n) is 17.9. The van der Waals surface area contributed by atoms with Gasteiger partial charge in [0.1, 0.15) is 0 Å². The molecule has 0 atom stereocenters. The van der Waals surface area contributed by atoms with E-state index < -0.39 is 0 Å². The summed E-state index contributed by atoms with van der Waals surface area (Å²) in [6.45, 7) is 13.5. The maximum absolute atomic E-state index is 11.8. The summed E-state index contributed by atoms with van der Waals surface area (Å²) < 4.78 is 5.08. The minimum absolute atomic E-state index is 0. The number of nitrogens with one attached hydrogen (secondary N) is 2. The molecule has 0 bridgehead atoms. The van der Waals surface area contributed by atoms with E-state index in [4.69, 9.17) is 9.73 Å². The Balaban J connectivity index is 0.00000392. The minimum Gasteiger partial charge on any atom is -0.450 e. The molecule has 0 aromatic rings. The third-order valence-electron chi connectivity index (χ3n) is 5.48. The highest BCUT2D eigenvalue weighted by molar-refractivity contribution is 14.0. The lowest BCUT2D eigenvalue weighted by Crippen LogP contribution is -2.50. The quantitative estimate of drug-likeness (QED) is 0.239. The molecule has 7 nitrogen and oxygen atoms in total. The Hall–Kier alpha value is -0.770. The summed E-state index contributed by atoms with van der Waals surface area (Å²) in [6, 6.07) is 0.358. The number of likely N-dealkylation sites (tertiary alicyclic amines) is 2. The molecule has 0 unspecified atom stereocenters. The van der Waals surface area contributed by atoms with E-state index >= 15 is 0 Å². The Morgan fingerprint density at radius 3 is 2.39 bits per heavy atom. The zero-order valence-corrected chi connectivity index (χ0v) is 20.2. The van der Waals surface area contributed by atoms with Gasteiger partial charge in [-0.15, -0.1) is 24.0 Å². The molecule has 2 aliphatic heterocycles. The van der Waals surface area contributed by atoms with Gasteiger partial charge in [-0.1, -0.05) is 6.92 Å². The van der Waals surface area contributed by atoms with Crippen molar-refractivity contribution in [2.24, 2.45) is 10.9 Å². The first-order chi connectivity index (χ1) is 13.1. The van der Waals surface area contributed by atoms with Crippen molar-refractivity contribution in [3.05, 3.63) is 0 Å². The Labute approximate surface area is 188 Å². The maximum atomic E-state index is 11.8. The molecule has 2 N–H and O–H groups in total. The van der Waals surface area contributed by atoms with Crippen LogP contribution in [0.4, 0.5) is 4.79 Å². The van der Waals surface area contributed by atoms with Crippen LogP contribution in [0.1, 0.15) is 52.9 Å². The average molecular weight is 509 g/mol. The molecule has 28 heavy (non-hydrogen) atoms. The number of guanidine groups is 1. The van der Waals surface area contributed by atoms with E-state index in [0.29, 0.717) is 12.6 Å². The van der Waals surface area contributed by atoms with Crippen LogP contribution in [0.15, 0.2) is 4.99 Å². The Bertz CT molecular complexity index is 462. The Morgan fingerprint density at radius 1 is 1.11 bits per heavy atom. The van der Waals surface area contributed by atoms with Crippen LogP contribution in [-0.4, -0.2) is 80.3 Å². The first-order valence-corrected chi connectivity index (χ1v) is 10.8. The van der Waals surface area contributed by atoms with Gasteiger partial charge in [0.25, 0.3) is 0 Å². The van der Waals surface area contributed by atoms with Gasteiger partial charge in [0.15, 0.2) is 5.96 Å². The summed E-state index contributed by atoms with van der Waals surface area (Å²) >= 11 is 0. The first kappa shape index (κ1) is 25.3. The number of amides is 1. The highest BCUT2D eigenvalue weighted by Crippen LogP contribution is 2.16. The van der Waals surface area contributed by atoms with Gasteiger partial charge in [0.05, 0.1) is 6.61 Å². The van der Waals surface area contributed by atoms with Crippen molar-refractivity contribution >= 4 is 36.0 Å². The molecule has 164 valence electrons. The summed E-state index contributed by atoms with van der Waals surface area (Å²) in [6.07, 6.45) is 5.43. The van der Waals surface area contributed by atoms with Crippen molar-refractivity contribution in [1.82, 2.24) is 20.4 Å². The highest BCUT2D eigenvalue weighted by Gasteiger charge is 2.24. The lowest BCUT2D eigenvalue weighted by Gasteiger charge is -2.32. The Kier molecular flexibility index (Phi) is 12.9. The fourth-order valence-electron chi connectivity index (χ4n) is 3.71. The van der Waals surface area contributed by atoms with Crippen LogP contribution in [0.25, 0.3) is 0 Å². The van der Waals surface area contributed by atoms with E-state index in [1.54, 1.807) is 4.90 Å². The van der Waals surface area contributed by atoms with Crippen LogP contribution in [0.3, 0.4) is 0 Å². The summed E-state index contributed by atoms with van der Waals surface area (Å²) in [5.74, 6) is 1.79. The molecule has 2 aliphatic rings. The van der Waals surface area contributed by atoms with Gasteiger partial charge in [0.2, 0.25) is 0 Å². The third-order valence-corrected chi connectivity index (χ3v) is 5.48. The van der Waals surface area contributed by atoms with Gasteiger partial charge in [-0.2, -0.15) is 0 Å². The zero-order chi connectivity index (χ0) is 19.5. The van der Waals surface area contributed by atoms with Crippen LogP contribution < -0.4 is 10.6 Å². The predicted octanol–water partition coefficient (Wildman–Crippen LogP) is 2.90. The summed E-state index contributed by atoms with van der Waals surface area (Å²) in [4.78, 5) is 20.9. The van der Waals surface area contributed by atoms with Crippen LogP contribution in [0, 0.1) is 5.92 Å². The molecule has 1 amide bonds. The number of ether oxygens (including phenoxy) is 1. The Morgan fingerprint density at radius 2 is 1.79 bits per heavy atom. The number of rotatable bonds is 7. The maximum Gasteiger partial charge on any atom is 0.409 e.